The predicted octanol–water partition coefficient (Wildman–Crippen LogP) is 4.26. The Bertz CT molecular complexity index is 1100. The van der Waals surface area contributed by atoms with Crippen molar-refractivity contribution in [1.82, 2.24) is 0 Å². The van der Waals surface area contributed by atoms with E-state index in [2.05, 4.69) is 126 Å². The Morgan fingerprint density at radius 1 is 0.647 bits per heavy atom. The van der Waals surface area contributed by atoms with Crippen molar-refractivity contribution in [2.45, 2.75) is 25.3 Å². The molecule has 0 saturated carbocycles. The summed E-state index contributed by atoms with van der Waals surface area (Å²) in [5.41, 5.74) is 1.14. The molecule has 4 aromatic rings. The molecule has 1 fully saturated rings. The molecule has 1 atom stereocenters. The molecule has 170 valence electrons. The number of hydrogen-bond donors (Lipinski definition) is 0. The zero-order chi connectivity index (χ0) is 23.2. The zero-order valence-corrected chi connectivity index (χ0v) is 20.2. The molecule has 0 spiro atoms. The second-order valence-corrected chi connectivity index (χ2v) is 12.4. The van der Waals surface area contributed by atoms with Crippen molar-refractivity contribution in [2.24, 2.45) is 0 Å². The van der Waals surface area contributed by atoms with Gasteiger partial charge in [0.05, 0.1) is 13.0 Å². The van der Waals surface area contributed by atoms with Crippen LogP contribution in [0.5, 0.6) is 0 Å². The number of para-hydroxylation sites is 1. The summed E-state index contributed by atoms with van der Waals surface area (Å²) in [5, 5.41) is 3.90. The van der Waals surface area contributed by atoms with Crippen molar-refractivity contribution < 1.29 is 9.53 Å². The molecule has 34 heavy (non-hydrogen) atoms. The molecule has 4 aromatic carbocycles. The topological polar surface area (TPSA) is 29.5 Å². The van der Waals surface area contributed by atoms with E-state index in [1.807, 2.05) is 0 Å². The Labute approximate surface area is 202 Å². The number of nitrogens with zero attached hydrogens (tertiary/aromatic N) is 1. The molecule has 1 saturated heterocycles. The Balaban J connectivity index is 1.87. The van der Waals surface area contributed by atoms with Crippen molar-refractivity contribution in [3.05, 3.63) is 121 Å². The number of benzene rings is 4. The average Bonchev–Trinajstić information content (AvgIpc) is 3.13. The highest BCUT2D eigenvalue weighted by atomic mass is 28.3. The van der Waals surface area contributed by atoms with Gasteiger partial charge in [0.15, 0.2) is 0 Å². The first-order valence-corrected chi connectivity index (χ1v) is 13.9. The van der Waals surface area contributed by atoms with Gasteiger partial charge in [-0.25, -0.2) is 0 Å². The summed E-state index contributed by atoms with van der Waals surface area (Å²) in [5.74, 6) is -0.111. The van der Waals surface area contributed by atoms with Gasteiger partial charge in [-0.1, -0.05) is 109 Å². The Hall–Kier alpha value is -3.63. The molecule has 3 nitrogen and oxygen atoms in total. The van der Waals surface area contributed by atoms with Crippen LogP contribution >= 0.6 is 0 Å². The first kappa shape index (κ1) is 22.2. The largest absolute Gasteiger partial charge is 0.466 e. The second-order valence-electron chi connectivity index (χ2n) is 8.73. The van der Waals surface area contributed by atoms with Gasteiger partial charge in [0.1, 0.15) is 0 Å². The van der Waals surface area contributed by atoms with Crippen LogP contribution < -0.4 is 20.1 Å². The van der Waals surface area contributed by atoms with Gasteiger partial charge in [0.2, 0.25) is 0 Å². The van der Waals surface area contributed by atoms with Crippen molar-refractivity contribution in [3.8, 4) is 0 Å². The first-order chi connectivity index (χ1) is 16.8. The van der Waals surface area contributed by atoms with Crippen molar-refractivity contribution in [3.63, 3.8) is 0 Å². The highest BCUT2D eigenvalue weighted by Gasteiger charge is 2.49. The molecule has 4 heteroatoms. The molecule has 1 heterocycles. The Morgan fingerprint density at radius 3 is 1.56 bits per heavy atom. The van der Waals surface area contributed by atoms with Crippen molar-refractivity contribution in [2.75, 3.05) is 11.2 Å². The van der Waals surface area contributed by atoms with Gasteiger partial charge in [-0.3, -0.25) is 4.79 Å². The molecule has 0 N–H and O–H groups in total. The van der Waals surface area contributed by atoms with Crippen LogP contribution in [0.15, 0.2) is 121 Å². The van der Waals surface area contributed by atoms with Crippen LogP contribution in [0.1, 0.15) is 19.3 Å². The smallest absolute Gasteiger partial charge is 0.307 e. The molecule has 0 aliphatic carbocycles. The van der Waals surface area contributed by atoms with Crippen LogP contribution in [0.25, 0.3) is 0 Å². The average molecular weight is 464 g/mol. The van der Waals surface area contributed by atoms with Gasteiger partial charge in [-0.2, -0.15) is 0 Å². The summed E-state index contributed by atoms with van der Waals surface area (Å²) in [6, 6.07) is 43.2. The number of cyclic esters (lactones) is 1. The minimum atomic E-state index is -2.81. The summed E-state index contributed by atoms with van der Waals surface area (Å²) in [6.45, 7) is 0.495. The third kappa shape index (κ3) is 4.17. The normalized spacial score (nSPS) is 16.4. The molecule has 0 bridgehead atoms. The highest BCUT2D eigenvalue weighted by molar-refractivity contribution is 7.13. The van der Waals surface area contributed by atoms with Gasteiger partial charge in [-0.05, 0) is 40.5 Å². The summed E-state index contributed by atoms with van der Waals surface area (Å²) >= 11 is 0. The van der Waals surface area contributed by atoms with E-state index in [0.717, 1.165) is 18.5 Å². The lowest BCUT2D eigenvalue weighted by Crippen LogP contribution is -2.79. The molecule has 0 radical (unpaired) electrons. The number of anilines is 1. The fraction of sp³-hybridized carbons (Fsp3) is 0.167. The summed E-state index contributed by atoms with van der Waals surface area (Å²) < 4.78 is 8.11. The van der Waals surface area contributed by atoms with Crippen LogP contribution in [0.2, 0.25) is 0 Å². The number of ether oxygens (including phenoxy) is 1. The first-order valence-electron chi connectivity index (χ1n) is 12.0. The summed E-state index contributed by atoms with van der Waals surface area (Å²) in [6.07, 6.45) is 2.15. The van der Waals surface area contributed by atoms with E-state index in [1.54, 1.807) is 0 Å². The molecule has 0 amide bonds. The standard InChI is InChI=1S/C30H29NO2Si/c32-30-24-26(16-13-23-33-30)31(25-14-5-1-6-15-25)34(27-17-7-2-8-18-27,28-19-9-3-10-20-28)29-21-11-4-12-22-29/h1-12,14-15,17-22,26H,13,16,23-24H2. The Kier molecular flexibility index (Phi) is 6.59. The lowest BCUT2D eigenvalue weighted by molar-refractivity contribution is -0.142. The number of carbonyl (C=O) groups is 1. The quantitative estimate of drug-likeness (QED) is 0.243. The van der Waals surface area contributed by atoms with E-state index in [0.29, 0.717) is 13.0 Å². The van der Waals surface area contributed by atoms with Gasteiger partial charge in [-0.15, -0.1) is 0 Å². The van der Waals surface area contributed by atoms with E-state index >= 15 is 0 Å². The third-order valence-corrected chi connectivity index (χ3v) is 11.5. The van der Waals surface area contributed by atoms with Crippen molar-refractivity contribution >= 4 is 35.5 Å². The van der Waals surface area contributed by atoms with E-state index in [1.165, 1.54) is 15.6 Å². The lowest BCUT2D eigenvalue weighted by atomic mass is 10.1. The van der Waals surface area contributed by atoms with Crippen LogP contribution in [0.4, 0.5) is 5.69 Å². The van der Waals surface area contributed by atoms with Crippen LogP contribution in [-0.4, -0.2) is 26.9 Å². The van der Waals surface area contributed by atoms with E-state index in [-0.39, 0.29) is 12.0 Å². The summed E-state index contributed by atoms with van der Waals surface area (Å²) in [4.78, 5) is 12.7. The minimum absolute atomic E-state index is 0.0321. The molecule has 1 aliphatic heterocycles. The maximum Gasteiger partial charge on any atom is 0.307 e. The Morgan fingerprint density at radius 2 is 1.09 bits per heavy atom. The minimum Gasteiger partial charge on any atom is -0.466 e. The van der Waals surface area contributed by atoms with Gasteiger partial charge >= 0.3 is 5.97 Å². The maximum atomic E-state index is 12.7. The summed E-state index contributed by atoms with van der Waals surface area (Å²) in [7, 11) is -2.81. The fourth-order valence-electron chi connectivity index (χ4n) is 5.30. The molecular weight excluding hydrogens is 434 g/mol. The van der Waals surface area contributed by atoms with E-state index in [4.69, 9.17) is 4.74 Å². The van der Waals surface area contributed by atoms with Crippen molar-refractivity contribution in [1.29, 1.82) is 0 Å². The number of hydrogen-bond acceptors (Lipinski definition) is 3. The van der Waals surface area contributed by atoms with Crippen LogP contribution in [0.3, 0.4) is 0 Å². The van der Waals surface area contributed by atoms with Gasteiger partial charge < -0.3 is 9.30 Å². The SMILES string of the molecule is O=C1CC(N(c2ccccc2)[Si](c2ccccc2)(c2ccccc2)c2ccccc2)CCCO1. The number of rotatable bonds is 6. The fourth-order valence-corrected chi connectivity index (χ4v) is 10.5. The van der Waals surface area contributed by atoms with E-state index in [9.17, 15) is 4.79 Å². The number of carbonyl (C=O) groups excluding carboxylic acids is 1. The second kappa shape index (κ2) is 10.1. The highest BCUT2D eigenvalue weighted by Crippen LogP contribution is 2.29. The maximum absolute atomic E-state index is 12.7. The zero-order valence-electron chi connectivity index (χ0n) is 19.2. The monoisotopic (exact) mass is 463 g/mol. The van der Waals surface area contributed by atoms with Gasteiger partial charge in [0, 0.05) is 11.7 Å². The lowest BCUT2D eigenvalue weighted by Gasteiger charge is -2.48. The molecule has 0 aromatic heterocycles. The third-order valence-electron chi connectivity index (χ3n) is 6.68. The predicted molar refractivity (Wildman–Crippen MR) is 142 cm³/mol. The number of esters is 1. The molecule has 1 unspecified atom stereocenters. The molecular formula is C30H29NO2Si. The van der Waals surface area contributed by atoms with E-state index < -0.39 is 8.24 Å². The van der Waals surface area contributed by atoms with Crippen LogP contribution in [-0.2, 0) is 9.53 Å². The van der Waals surface area contributed by atoms with Gasteiger partial charge in [0.25, 0.3) is 8.24 Å². The van der Waals surface area contributed by atoms with Crippen LogP contribution in [0, 0.1) is 0 Å². The molecule has 1 aliphatic rings. The molecule has 5 rings (SSSR count).